The molecule has 0 atom stereocenters. The van der Waals surface area contributed by atoms with E-state index >= 15 is 0 Å². The van der Waals surface area contributed by atoms with Gasteiger partial charge in [0.2, 0.25) is 0 Å². The van der Waals surface area contributed by atoms with Crippen LogP contribution in [0.15, 0.2) is 12.1 Å². The zero-order valence-electron chi connectivity index (χ0n) is 11.9. The van der Waals surface area contributed by atoms with E-state index in [2.05, 4.69) is 6.07 Å². The molecule has 1 aromatic carbocycles. The molecular formula is C14H20N2O3. The molecule has 0 saturated carbocycles. The SMILES string of the molecule is COc1cc(OC)c(OC)cc1CCN(C)CC#N. The number of likely N-dealkylation sites (N-methyl/N-ethyl adjacent to an activating group) is 1. The Balaban J connectivity index is 2.90. The first-order chi connectivity index (χ1) is 9.15. The van der Waals surface area contributed by atoms with Gasteiger partial charge in [0.15, 0.2) is 11.5 Å². The van der Waals surface area contributed by atoms with E-state index in [1.165, 1.54) is 0 Å². The second-order valence-corrected chi connectivity index (χ2v) is 4.16. The highest BCUT2D eigenvalue weighted by Gasteiger charge is 2.12. The fourth-order valence-electron chi connectivity index (χ4n) is 1.80. The first-order valence-corrected chi connectivity index (χ1v) is 6.00. The lowest BCUT2D eigenvalue weighted by atomic mass is 10.1. The molecule has 0 aromatic heterocycles. The van der Waals surface area contributed by atoms with Gasteiger partial charge in [-0.15, -0.1) is 0 Å². The number of hydrogen-bond donors (Lipinski definition) is 0. The van der Waals surface area contributed by atoms with Gasteiger partial charge in [-0.1, -0.05) is 0 Å². The Morgan fingerprint density at radius 2 is 1.63 bits per heavy atom. The van der Waals surface area contributed by atoms with E-state index in [1.807, 2.05) is 24.1 Å². The first-order valence-electron chi connectivity index (χ1n) is 6.00. The zero-order valence-corrected chi connectivity index (χ0v) is 11.9. The van der Waals surface area contributed by atoms with E-state index in [-0.39, 0.29) is 0 Å². The lowest BCUT2D eigenvalue weighted by molar-refractivity contribution is 0.344. The van der Waals surface area contributed by atoms with Crippen molar-refractivity contribution in [3.05, 3.63) is 17.7 Å². The Hall–Kier alpha value is -1.93. The van der Waals surface area contributed by atoms with Crippen molar-refractivity contribution >= 4 is 0 Å². The molecule has 19 heavy (non-hydrogen) atoms. The number of benzene rings is 1. The van der Waals surface area contributed by atoms with Crippen molar-refractivity contribution < 1.29 is 14.2 Å². The predicted octanol–water partition coefficient (Wildman–Crippen LogP) is 1.71. The van der Waals surface area contributed by atoms with Crippen LogP contribution in [-0.2, 0) is 6.42 Å². The fraction of sp³-hybridized carbons (Fsp3) is 0.500. The predicted molar refractivity (Wildman–Crippen MR) is 72.9 cm³/mol. The van der Waals surface area contributed by atoms with Crippen LogP contribution < -0.4 is 14.2 Å². The summed E-state index contributed by atoms with van der Waals surface area (Å²) in [5.41, 5.74) is 1.03. The minimum atomic E-state index is 0.412. The third-order valence-electron chi connectivity index (χ3n) is 2.89. The van der Waals surface area contributed by atoms with Gasteiger partial charge < -0.3 is 14.2 Å². The Morgan fingerprint density at radius 1 is 1.05 bits per heavy atom. The molecule has 5 heteroatoms. The van der Waals surface area contributed by atoms with Crippen molar-refractivity contribution in [2.45, 2.75) is 6.42 Å². The molecule has 0 amide bonds. The van der Waals surface area contributed by atoms with Gasteiger partial charge >= 0.3 is 0 Å². The molecule has 0 saturated heterocycles. The summed E-state index contributed by atoms with van der Waals surface area (Å²) in [7, 11) is 6.74. The molecule has 1 rings (SSSR count). The van der Waals surface area contributed by atoms with Crippen molar-refractivity contribution in [2.24, 2.45) is 0 Å². The molecule has 0 unspecified atom stereocenters. The number of hydrogen-bond acceptors (Lipinski definition) is 5. The summed E-state index contributed by atoms with van der Waals surface area (Å²) in [6.07, 6.45) is 0.779. The van der Waals surface area contributed by atoms with E-state index in [0.717, 1.165) is 24.3 Å². The lowest BCUT2D eigenvalue weighted by Gasteiger charge is -2.16. The summed E-state index contributed by atoms with van der Waals surface area (Å²) in [5, 5.41) is 8.63. The maximum Gasteiger partial charge on any atom is 0.164 e. The monoisotopic (exact) mass is 264 g/mol. The molecule has 1 aromatic rings. The van der Waals surface area contributed by atoms with E-state index in [0.29, 0.717) is 18.0 Å². The topological polar surface area (TPSA) is 54.7 Å². The van der Waals surface area contributed by atoms with Gasteiger partial charge in [-0.05, 0) is 25.1 Å². The molecule has 0 N–H and O–H groups in total. The molecule has 0 fully saturated rings. The quantitative estimate of drug-likeness (QED) is 0.702. The number of ether oxygens (including phenoxy) is 3. The number of rotatable bonds is 7. The Bertz CT molecular complexity index is 455. The summed E-state index contributed by atoms with van der Waals surface area (Å²) in [6.45, 7) is 1.19. The van der Waals surface area contributed by atoms with Crippen LogP contribution >= 0.6 is 0 Å². The number of nitrogens with zero attached hydrogens (tertiary/aromatic N) is 2. The third-order valence-corrected chi connectivity index (χ3v) is 2.89. The van der Waals surface area contributed by atoms with Crippen molar-refractivity contribution in [2.75, 3.05) is 41.5 Å². The minimum absolute atomic E-state index is 0.412. The molecule has 0 bridgehead atoms. The summed E-state index contributed by atoms with van der Waals surface area (Å²) in [6, 6.07) is 5.86. The Morgan fingerprint density at radius 3 is 2.16 bits per heavy atom. The Kier molecular flexibility index (Phi) is 5.97. The summed E-state index contributed by atoms with van der Waals surface area (Å²) in [4.78, 5) is 1.95. The second kappa shape index (κ2) is 7.49. The van der Waals surface area contributed by atoms with E-state index < -0.39 is 0 Å². The van der Waals surface area contributed by atoms with Crippen LogP contribution in [0.1, 0.15) is 5.56 Å². The fourth-order valence-corrected chi connectivity index (χ4v) is 1.80. The Labute approximate surface area is 114 Å². The summed E-state index contributed by atoms with van der Waals surface area (Å²) in [5.74, 6) is 2.10. The molecule has 0 aliphatic heterocycles. The van der Waals surface area contributed by atoms with Crippen molar-refractivity contribution in [3.63, 3.8) is 0 Å². The van der Waals surface area contributed by atoms with Gasteiger partial charge in [0, 0.05) is 12.6 Å². The highest BCUT2D eigenvalue weighted by Crippen LogP contribution is 2.34. The summed E-state index contributed by atoms with van der Waals surface area (Å²) < 4.78 is 15.9. The molecule has 0 radical (unpaired) electrons. The lowest BCUT2D eigenvalue weighted by Crippen LogP contribution is -2.21. The molecule has 0 aliphatic rings. The molecule has 0 heterocycles. The van der Waals surface area contributed by atoms with Crippen LogP contribution in [0, 0.1) is 11.3 Å². The van der Waals surface area contributed by atoms with Gasteiger partial charge in [0.25, 0.3) is 0 Å². The van der Waals surface area contributed by atoms with Gasteiger partial charge in [0.1, 0.15) is 5.75 Å². The van der Waals surface area contributed by atoms with Crippen LogP contribution in [-0.4, -0.2) is 46.4 Å². The minimum Gasteiger partial charge on any atom is -0.496 e. The average Bonchev–Trinajstić information content (AvgIpc) is 2.44. The highest BCUT2D eigenvalue weighted by molar-refractivity contribution is 5.50. The van der Waals surface area contributed by atoms with Crippen LogP contribution in [0.3, 0.4) is 0 Å². The van der Waals surface area contributed by atoms with Crippen LogP contribution in [0.25, 0.3) is 0 Å². The van der Waals surface area contributed by atoms with Crippen molar-refractivity contribution in [3.8, 4) is 23.3 Å². The van der Waals surface area contributed by atoms with E-state index in [4.69, 9.17) is 19.5 Å². The molecule has 0 aliphatic carbocycles. The normalized spacial score (nSPS) is 10.1. The largest absolute Gasteiger partial charge is 0.496 e. The first kappa shape index (κ1) is 15.1. The maximum atomic E-state index is 8.63. The summed E-state index contributed by atoms with van der Waals surface area (Å²) >= 11 is 0. The van der Waals surface area contributed by atoms with Gasteiger partial charge in [-0.25, -0.2) is 0 Å². The molecule has 5 nitrogen and oxygen atoms in total. The van der Waals surface area contributed by atoms with Gasteiger partial charge in [-0.2, -0.15) is 5.26 Å². The standard InChI is InChI=1S/C14H20N2O3/c1-16(8-6-15)7-5-11-9-13(18-3)14(19-4)10-12(11)17-2/h9-10H,5,7-8H2,1-4H3. The molecule has 0 spiro atoms. The third kappa shape index (κ3) is 4.04. The van der Waals surface area contributed by atoms with Gasteiger partial charge in [0.05, 0.1) is 33.9 Å². The van der Waals surface area contributed by atoms with E-state index in [9.17, 15) is 0 Å². The van der Waals surface area contributed by atoms with Gasteiger partial charge in [-0.3, -0.25) is 4.90 Å². The molecule has 104 valence electrons. The van der Waals surface area contributed by atoms with Crippen molar-refractivity contribution in [1.29, 1.82) is 5.26 Å². The smallest absolute Gasteiger partial charge is 0.164 e. The number of nitriles is 1. The second-order valence-electron chi connectivity index (χ2n) is 4.16. The molecular weight excluding hydrogens is 244 g/mol. The maximum absolute atomic E-state index is 8.63. The van der Waals surface area contributed by atoms with Crippen LogP contribution in [0.2, 0.25) is 0 Å². The average molecular weight is 264 g/mol. The highest BCUT2D eigenvalue weighted by atomic mass is 16.5. The van der Waals surface area contributed by atoms with E-state index in [1.54, 1.807) is 21.3 Å². The van der Waals surface area contributed by atoms with Crippen LogP contribution in [0.5, 0.6) is 17.2 Å². The zero-order chi connectivity index (χ0) is 14.3. The van der Waals surface area contributed by atoms with Crippen LogP contribution in [0.4, 0.5) is 0 Å². The van der Waals surface area contributed by atoms with Crippen molar-refractivity contribution in [1.82, 2.24) is 4.90 Å². The number of methoxy groups -OCH3 is 3.